The van der Waals surface area contributed by atoms with E-state index in [-0.39, 0.29) is 6.61 Å². The van der Waals surface area contributed by atoms with Gasteiger partial charge in [0.25, 0.3) is 0 Å². The quantitative estimate of drug-likeness (QED) is 0.789. The van der Waals surface area contributed by atoms with Gasteiger partial charge >= 0.3 is 0 Å². The van der Waals surface area contributed by atoms with Gasteiger partial charge in [-0.1, -0.05) is 17.7 Å². The molecule has 94 valence electrons. The number of fused-ring (bicyclic) bond motifs is 1. The average molecular weight is 235 g/mol. The first-order chi connectivity index (χ1) is 8.31. The van der Waals surface area contributed by atoms with Crippen LogP contribution in [0, 0.1) is 6.92 Å². The Hall–Kier alpha value is -1.06. The summed E-state index contributed by atoms with van der Waals surface area (Å²) in [6.07, 6.45) is 2.40. The third kappa shape index (κ3) is 3.20. The molecule has 0 aliphatic carbocycles. The van der Waals surface area contributed by atoms with Crippen molar-refractivity contribution in [1.29, 1.82) is 0 Å². The lowest BCUT2D eigenvalue weighted by molar-refractivity contribution is 0.0965. The highest BCUT2D eigenvalue weighted by Crippen LogP contribution is 2.27. The number of rotatable bonds is 5. The van der Waals surface area contributed by atoms with E-state index in [1.54, 1.807) is 0 Å². The molecule has 1 aliphatic heterocycles. The van der Waals surface area contributed by atoms with Crippen LogP contribution in [-0.2, 0) is 11.2 Å². The van der Waals surface area contributed by atoms with Crippen LogP contribution in [0.25, 0.3) is 0 Å². The molecular formula is C14H21NO2. The molecule has 1 aromatic carbocycles. The van der Waals surface area contributed by atoms with Crippen LogP contribution >= 0.6 is 0 Å². The molecule has 17 heavy (non-hydrogen) atoms. The number of aryl methyl sites for hydroxylation is 2. The zero-order valence-electron chi connectivity index (χ0n) is 10.5. The Balaban J connectivity index is 1.97. The molecule has 0 radical (unpaired) electrons. The fourth-order valence-electron chi connectivity index (χ4n) is 2.38. The molecule has 0 saturated heterocycles. The number of nitrogens with zero attached hydrogens (tertiary/aromatic N) is 1. The molecule has 2 rings (SSSR count). The van der Waals surface area contributed by atoms with Crippen LogP contribution in [0.3, 0.4) is 0 Å². The summed E-state index contributed by atoms with van der Waals surface area (Å²) in [5, 5.41) is 8.65. The van der Waals surface area contributed by atoms with Crippen LogP contribution in [0.2, 0.25) is 0 Å². The predicted molar refractivity (Wildman–Crippen MR) is 69.6 cm³/mol. The molecular weight excluding hydrogens is 214 g/mol. The van der Waals surface area contributed by atoms with Crippen molar-refractivity contribution in [1.82, 2.24) is 0 Å². The van der Waals surface area contributed by atoms with Gasteiger partial charge in [0.1, 0.15) is 0 Å². The van der Waals surface area contributed by atoms with Crippen LogP contribution in [0.4, 0.5) is 5.69 Å². The molecule has 0 spiro atoms. The van der Waals surface area contributed by atoms with Gasteiger partial charge in [-0.2, -0.15) is 0 Å². The minimum absolute atomic E-state index is 0.107. The smallest absolute Gasteiger partial charge is 0.0698 e. The van der Waals surface area contributed by atoms with Crippen LogP contribution < -0.4 is 4.90 Å². The maximum atomic E-state index is 8.65. The first-order valence-corrected chi connectivity index (χ1v) is 6.34. The average Bonchev–Trinajstić information content (AvgIpc) is 2.34. The van der Waals surface area contributed by atoms with Crippen molar-refractivity contribution in [2.75, 3.05) is 37.8 Å². The van der Waals surface area contributed by atoms with E-state index in [0.717, 1.165) is 13.1 Å². The SMILES string of the molecule is Cc1ccc2c(c1)CCCN2CCOCCO. The maximum absolute atomic E-state index is 8.65. The third-order valence-electron chi connectivity index (χ3n) is 3.19. The molecule has 1 aliphatic rings. The largest absolute Gasteiger partial charge is 0.394 e. The number of aliphatic hydroxyl groups excluding tert-OH is 1. The Labute approximate surface area is 103 Å². The van der Waals surface area contributed by atoms with E-state index in [4.69, 9.17) is 9.84 Å². The van der Waals surface area contributed by atoms with Crippen LogP contribution in [0.1, 0.15) is 17.5 Å². The van der Waals surface area contributed by atoms with Gasteiger partial charge in [-0.3, -0.25) is 0 Å². The lowest BCUT2D eigenvalue weighted by Gasteiger charge is -2.31. The summed E-state index contributed by atoms with van der Waals surface area (Å²) in [6.45, 7) is 5.40. The second-order valence-corrected chi connectivity index (χ2v) is 4.56. The molecule has 1 aromatic rings. The second-order valence-electron chi connectivity index (χ2n) is 4.56. The Morgan fingerprint density at radius 2 is 2.24 bits per heavy atom. The van der Waals surface area contributed by atoms with Crippen molar-refractivity contribution in [2.24, 2.45) is 0 Å². The van der Waals surface area contributed by atoms with Gasteiger partial charge in [0.2, 0.25) is 0 Å². The van der Waals surface area contributed by atoms with Gasteiger partial charge in [-0.15, -0.1) is 0 Å². The Morgan fingerprint density at radius 3 is 3.06 bits per heavy atom. The van der Waals surface area contributed by atoms with Gasteiger partial charge < -0.3 is 14.7 Å². The molecule has 3 nitrogen and oxygen atoms in total. The van der Waals surface area contributed by atoms with E-state index >= 15 is 0 Å². The number of benzene rings is 1. The standard InChI is InChI=1S/C14H21NO2/c1-12-4-5-14-13(11-12)3-2-6-15(14)7-9-17-10-8-16/h4-5,11,16H,2-3,6-10H2,1H3. The number of hydrogen-bond donors (Lipinski definition) is 1. The Kier molecular flexibility index (Phi) is 4.40. The normalized spacial score (nSPS) is 14.8. The Bertz CT molecular complexity index is 365. The first kappa shape index (κ1) is 12.4. The van der Waals surface area contributed by atoms with Gasteiger partial charge in [0.05, 0.1) is 19.8 Å². The second kappa shape index (κ2) is 6.03. The van der Waals surface area contributed by atoms with Gasteiger partial charge in [0.15, 0.2) is 0 Å². The topological polar surface area (TPSA) is 32.7 Å². The van der Waals surface area contributed by atoms with Crippen molar-refractivity contribution in [3.63, 3.8) is 0 Å². The fraction of sp³-hybridized carbons (Fsp3) is 0.571. The maximum Gasteiger partial charge on any atom is 0.0698 e. The van der Waals surface area contributed by atoms with Crippen molar-refractivity contribution in [2.45, 2.75) is 19.8 Å². The number of ether oxygens (including phenoxy) is 1. The molecule has 0 atom stereocenters. The first-order valence-electron chi connectivity index (χ1n) is 6.34. The van der Waals surface area contributed by atoms with Crippen LogP contribution in [-0.4, -0.2) is 38.0 Å². The minimum Gasteiger partial charge on any atom is -0.394 e. The van der Waals surface area contributed by atoms with E-state index < -0.39 is 0 Å². The summed E-state index contributed by atoms with van der Waals surface area (Å²) >= 11 is 0. The lowest BCUT2D eigenvalue weighted by atomic mass is 10.00. The molecule has 0 amide bonds. The van der Waals surface area contributed by atoms with Crippen molar-refractivity contribution in [3.05, 3.63) is 29.3 Å². The molecule has 0 bridgehead atoms. The van der Waals surface area contributed by atoms with E-state index in [0.29, 0.717) is 13.2 Å². The van der Waals surface area contributed by atoms with E-state index in [2.05, 4.69) is 30.0 Å². The van der Waals surface area contributed by atoms with E-state index in [9.17, 15) is 0 Å². The molecule has 1 N–H and O–H groups in total. The van der Waals surface area contributed by atoms with Gasteiger partial charge in [0, 0.05) is 18.8 Å². The highest BCUT2D eigenvalue weighted by Gasteiger charge is 2.16. The van der Waals surface area contributed by atoms with Crippen LogP contribution in [0.15, 0.2) is 18.2 Å². The Morgan fingerprint density at radius 1 is 1.35 bits per heavy atom. The predicted octanol–water partition coefficient (Wildman–Crippen LogP) is 1.76. The van der Waals surface area contributed by atoms with Gasteiger partial charge in [-0.05, 0) is 31.4 Å². The van der Waals surface area contributed by atoms with E-state index in [1.807, 2.05) is 0 Å². The zero-order chi connectivity index (χ0) is 12.1. The highest BCUT2D eigenvalue weighted by molar-refractivity contribution is 5.56. The summed E-state index contributed by atoms with van der Waals surface area (Å²) in [5.41, 5.74) is 4.15. The van der Waals surface area contributed by atoms with Crippen LogP contribution in [0.5, 0.6) is 0 Å². The molecule has 3 heteroatoms. The van der Waals surface area contributed by atoms with Gasteiger partial charge in [-0.25, -0.2) is 0 Å². The summed E-state index contributed by atoms with van der Waals surface area (Å²) in [4.78, 5) is 2.38. The fourth-order valence-corrected chi connectivity index (χ4v) is 2.38. The number of aliphatic hydroxyl groups is 1. The van der Waals surface area contributed by atoms with E-state index in [1.165, 1.54) is 29.7 Å². The van der Waals surface area contributed by atoms with Crippen molar-refractivity contribution >= 4 is 5.69 Å². The molecule has 0 saturated carbocycles. The molecule has 0 unspecified atom stereocenters. The monoisotopic (exact) mass is 235 g/mol. The lowest BCUT2D eigenvalue weighted by Crippen LogP contribution is -2.32. The summed E-state index contributed by atoms with van der Waals surface area (Å²) in [6, 6.07) is 6.68. The highest BCUT2D eigenvalue weighted by atomic mass is 16.5. The van der Waals surface area contributed by atoms with Crippen molar-refractivity contribution in [3.8, 4) is 0 Å². The molecule has 0 aromatic heterocycles. The third-order valence-corrected chi connectivity index (χ3v) is 3.19. The minimum atomic E-state index is 0.107. The summed E-state index contributed by atoms with van der Waals surface area (Å²) in [7, 11) is 0. The molecule has 0 fully saturated rings. The van der Waals surface area contributed by atoms with Crippen molar-refractivity contribution < 1.29 is 9.84 Å². The summed E-state index contributed by atoms with van der Waals surface area (Å²) in [5.74, 6) is 0. The number of anilines is 1. The number of hydrogen-bond acceptors (Lipinski definition) is 3. The zero-order valence-corrected chi connectivity index (χ0v) is 10.5. The summed E-state index contributed by atoms with van der Waals surface area (Å²) < 4.78 is 5.33. The molecule has 1 heterocycles.